The molecule has 106 valence electrons. The molecule has 0 saturated heterocycles. The van der Waals surface area contributed by atoms with Gasteiger partial charge in [-0.1, -0.05) is 38.1 Å². The van der Waals surface area contributed by atoms with E-state index in [-0.39, 0.29) is 11.4 Å². The Hall–Kier alpha value is -1.35. The Bertz CT molecular complexity index is 402. The van der Waals surface area contributed by atoms with Gasteiger partial charge in [0.25, 0.3) is 0 Å². The monoisotopic (exact) mass is 262 g/mol. The van der Waals surface area contributed by atoms with Crippen LogP contribution < -0.4 is 11.1 Å². The lowest BCUT2D eigenvalue weighted by atomic mass is 10.0. The average molecular weight is 262 g/mol. The maximum Gasteiger partial charge on any atom is 0.224 e. The highest BCUT2D eigenvalue weighted by Crippen LogP contribution is 2.10. The number of carbonyl (C=O) groups excluding carboxylic acids is 1. The highest BCUT2D eigenvalue weighted by atomic mass is 16.1. The molecule has 3 heteroatoms. The molecule has 0 aliphatic carbocycles. The summed E-state index contributed by atoms with van der Waals surface area (Å²) in [5.41, 5.74) is 7.83. The van der Waals surface area contributed by atoms with Crippen molar-refractivity contribution in [2.45, 2.75) is 46.1 Å². The number of amides is 1. The Morgan fingerprint density at radius 1 is 1.21 bits per heavy atom. The molecule has 1 aromatic carbocycles. The second kappa shape index (κ2) is 6.71. The summed E-state index contributed by atoms with van der Waals surface area (Å²) in [6.07, 6.45) is 1.49. The van der Waals surface area contributed by atoms with Gasteiger partial charge < -0.3 is 11.1 Å². The second-order valence-electron chi connectivity index (χ2n) is 6.36. The van der Waals surface area contributed by atoms with Crippen LogP contribution in [0.2, 0.25) is 0 Å². The van der Waals surface area contributed by atoms with E-state index in [4.69, 9.17) is 5.73 Å². The Balaban J connectivity index is 2.47. The number of nitrogens with one attached hydrogen (secondary N) is 1. The van der Waals surface area contributed by atoms with Crippen LogP contribution in [0.25, 0.3) is 0 Å². The minimum absolute atomic E-state index is 0.0233. The molecule has 0 aromatic heterocycles. The fourth-order valence-electron chi connectivity index (χ4n) is 1.84. The van der Waals surface area contributed by atoms with Crippen molar-refractivity contribution < 1.29 is 4.79 Å². The largest absolute Gasteiger partial charge is 0.354 e. The molecule has 3 N–H and O–H groups in total. The van der Waals surface area contributed by atoms with Crippen LogP contribution in [0, 0.1) is 5.92 Å². The van der Waals surface area contributed by atoms with Gasteiger partial charge in [0, 0.05) is 12.1 Å². The third-order valence-electron chi connectivity index (χ3n) is 2.77. The molecule has 0 spiro atoms. The van der Waals surface area contributed by atoms with Gasteiger partial charge in [0.1, 0.15) is 0 Å². The SMILES string of the molecule is CC(C)Cc1ccc(CC(=O)NCC(C)(C)N)cc1. The van der Waals surface area contributed by atoms with Crippen LogP contribution in [-0.2, 0) is 17.6 Å². The van der Waals surface area contributed by atoms with Gasteiger partial charge >= 0.3 is 0 Å². The zero-order chi connectivity index (χ0) is 14.5. The molecule has 0 fully saturated rings. The van der Waals surface area contributed by atoms with Crippen molar-refractivity contribution >= 4 is 5.91 Å². The maximum absolute atomic E-state index is 11.8. The Labute approximate surface area is 116 Å². The van der Waals surface area contributed by atoms with Crippen molar-refractivity contribution in [2.75, 3.05) is 6.54 Å². The van der Waals surface area contributed by atoms with E-state index in [1.165, 1.54) is 5.56 Å². The lowest BCUT2D eigenvalue weighted by Gasteiger charge is -2.18. The van der Waals surface area contributed by atoms with Gasteiger partial charge in [-0.25, -0.2) is 0 Å². The summed E-state index contributed by atoms with van der Waals surface area (Å²) in [6.45, 7) is 8.70. The van der Waals surface area contributed by atoms with Gasteiger partial charge in [-0.2, -0.15) is 0 Å². The molecular weight excluding hydrogens is 236 g/mol. The highest BCUT2D eigenvalue weighted by Gasteiger charge is 2.12. The van der Waals surface area contributed by atoms with Crippen LogP contribution in [-0.4, -0.2) is 18.0 Å². The van der Waals surface area contributed by atoms with E-state index < -0.39 is 0 Å². The summed E-state index contributed by atoms with van der Waals surface area (Å²) < 4.78 is 0. The third kappa shape index (κ3) is 6.97. The molecule has 3 nitrogen and oxygen atoms in total. The van der Waals surface area contributed by atoms with Gasteiger partial charge in [0.15, 0.2) is 0 Å². The number of hydrogen-bond acceptors (Lipinski definition) is 2. The smallest absolute Gasteiger partial charge is 0.224 e. The first kappa shape index (κ1) is 15.7. The van der Waals surface area contributed by atoms with E-state index in [2.05, 4.69) is 31.3 Å². The molecule has 1 aromatic rings. The Kier molecular flexibility index (Phi) is 5.55. The minimum Gasteiger partial charge on any atom is -0.354 e. The van der Waals surface area contributed by atoms with Crippen molar-refractivity contribution in [1.29, 1.82) is 0 Å². The predicted molar refractivity (Wildman–Crippen MR) is 80.0 cm³/mol. The van der Waals surface area contributed by atoms with Crippen molar-refractivity contribution in [3.05, 3.63) is 35.4 Å². The number of carbonyl (C=O) groups is 1. The van der Waals surface area contributed by atoms with E-state index in [1.807, 2.05) is 26.0 Å². The number of hydrogen-bond donors (Lipinski definition) is 2. The van der Waals surface area contributed by atoms with Crippen LogP contribution in [0.5, 0.6) is 0 Å². The minimum atomic E-state index is -0.364. The van der Waals surface area contributed by atoms with Gasteiger partial charge in [0.2, 0.25) is 5.91 Å². The van der Waals surface area contributed by atoms with Gasteiger partial charge in [0.05, 0.1) is 6.42 Å². The molecule has 19 heavy (non-hydrogen) atoms. The first-order chi connectivity index (χ1) is 8.76. The van der Waals surface area contributed by atoms with E-state index >= 15 is 0 Å². The molecule has 0 atom stereocenters. The summed E-state index contributed by atoms with van der Waals surface area (Å²) in [5.74, 6) is 0.677. The van der Waals surface area contributed by atoms with Gasteiger partial charge in [-0.15, -0.1) is 0 Å². The molecule has 0 aliphatic rings. The Morgan fingerprint density at radius 2 is 1.74 bits per heavy atom. The lowest BCUT2D eigenvalue weighted by molar-refractivity contribution is -0.120. The van der Waals surface area contributed by atoms with Crippen molar-refractivity contribution in [1.82, 2.24) is 5.32 Å². The molecule has 0 bridgehead atoms. The number of benzene rings is 1. The standard InChI is InChI=1S/C16H26N2O/c1-12(2)9-13-5-7-14(8-6-13)10-15(19)18-11-16(3,4)17/h5-8,12H,9-11,17H2,1-4H3,(H,18,19). The number of rotatable bonds is 6. The van der Waals surface area contributed by atoms with Crippen LogP contribution in [0.3, 0.4) is 0 Å². The molecule has 0 aliphatic heterocycles. The van der Waals surface area contributed by atoms with Crippen LogP contribution in [0.1, 0.15) is 38.8 Å². The molecule has 0 saturated carbocycles. The summed E-state index contributed by atoms with van der Waals surface area (Å²) in [4.78, 5) is 11.8. The second-order valence-corrected chi connectivity index (χ2v) is 6.36. The first-order valence-corrected chi connectivity index (χ1v) is 6.89. The molecule has 1 amide bonds. The van der Waals surface area contributed by atoms with Crippen LogP contribution >= 0.6 is 0 Å². The molecule has 0 unspecified atom stereocenters. The molecular formula is C16H26N2O. The quantitative estimate of drug-likeness (QED) is 0.826. The molecule has 0 heterocycles. The first-order valence-electron chi connectivity index (χ1n) is 6.89. The molecule has 1 rings (SSSR count). The third-order valence-corrected chi connectivity index (χ3v) is 2.77. The van der Waals surface area contributed by atoms with Crippen LogP contribution in [0.15, 0.2) is 24.3 Å². The predicted octanol–water partition coefficient (Wildman–Crippen LogP) is 2.28. The van der Waals surface area contributed by atoms with Crippen LogP contribution in [0.4, 0.5) is 0 Å². The fourth-order valence-corrected chi connectivity index (χ4v) is 1.84. The highest BCUT2D eigenvalue weighted by molar-refractivity contribution is 5.78. The van der Waals surface area contributed by atoms with Gasteiger partial charge in [-0.3, -0.25) is 4.79 Å². The summed E-state index contributed by atoms with van der Waals surface area (Å²) in [5, 5.41) is 2.85. The zero-order valence-corrected chi connectivity index (χ0v) is 12.5. The average Bonchev–Trinajstić information content (AvgIpc) is 2.28. The summed E-state index contributed by atoms with van der Waals surface area (Å²) >= 11 is 0. The van der Waals surface area contributed by atoms with Crippen molar-refractivity contribution in [2.24, 2.45) is 11.7 Å². The van der Waals surface area contributed by atoms with E-state index in [9.17, 15) is 4.79 Å². The van der Waals surface area contributed by atoms with Crippen molar-refractivity contribution in [3.63, 3.8) is 0 Å². The molecule has 0 radical (unpaired) electrons. The van der Waals surface area contributed by atoms with Gasteiger partial charge in [-0.05, 0) is 37.3 Å². The maximum atomic E-state index is 11.8. The zero-order valence-electron chi connectivity index (χ0n) is 12.5. The van der Waals surface area contributed by atoms with Crippen molar-refractivity contribution in [3.8, 4) is 0 Å². The summed E-state index contributed by atoms with van der Waals surface area (Å²) in [7, 11) is 0. The summed E-state index contributed by atoms with van der Waals surface area (Å²) in [6, 6.07) is 8.28. The van der Waals surface area contributed by atoms with E-state index in [1.54, 1.807) is 0 Å². The Morgan fingerprint density at radius 3 is 2.21 bits per heavy atom. The lowest BCUT2D eigenvalue weighted by Crippen LogP contribution is -2.45. The topological polar surface area (TPSA) is 55.1 Å². The normalized spacial score (nSPS) is 11.7. The fraction of sp³-hybridized carbons (Fsp3) is 0.562. The van der Waals surface area contributed by atoms with E-state index in [0.29, 0.717) is 18.9 Å². The van der Waals surface area contributed by atoms with E-state index in [0.717, 1.165) is 12.0 Å². The number of nitrogens with two attached hydrogens (primary N) is 1.